The van der Waals surface area contributed by atoms with Gasteiger partial charge in [-0.15, -0.1) is 0 Å². The molecule has 1 saturated carbocycles. The van der Waals surface area contributed by atoms with E-state index in [0.717, 1.165) is 37.0 Å². The smallest absolute Gasteiger partial charge is 0.251 e. The predicted molar refractivity (Wildman–Crippen MR) is 158 cm³/mol. The number of hydrogen-bond acceptors (Lipinski definition) is 4. The van der Waals surface area contributed by atoms with Gasteiger partial charge < -0.3 is 15.0 Å². The number of nitrogens with two attached hydrogens (primary N) is 1. The van der Waals surface area contributed by atoms with E-state index in [2.05, 4.69) is 16.9 Å². The van der Waals surface area contributed by atoms with Crippen molar-refractivity contribution in [1.29, 1.82) is 0 Å². The number of fused-ring (bicyclic) bond motifs is 1. The van der Waals surface area contributed by atoms with Crippen LogP contribution in [-0.4, -0.2) is 20.4 Å². The molecule has 10 heteroatoms. The van der Waals surface area contributed by atoms with E-state index < -0.39 is 29.2 Å². The van der Waals surface area contributed by atoms with Gasteiger partial charge in [0.05, 0.1) is 11.2 Å². The number of aryl methyl sites for hydroxylation is 1. The summed E-state index contributed by atoms with van der Waals surface area (Å²) in [5, 5.41) is 0. The lowest BCUT2D eigenvalue weighted by atomic mass is 10.0. The molecular formula is C34H30F4N4O2. The minimum atomic E-state index is -0.747. The van der Waals surface area contributed by atoms with Crippen LogP contribution in [-0.2, 0) is 19.6 Å². The maximum atomic E-state index is 15.6. The van der Waals surface area contributed by atoms with Crippen LogP contribution in [0, 0.1) is 35.6 Å². The Kier molecular flexibility index (Phi) is 7.61. The van der Waals surface area contributed by atoms with E-state index in [9.17, 15) is 13.6 Å². The number of rotatable bonds is 10. The van der Waals surface area contributed by atoms with E-state index in [-0.39, 0.29) is 46.7 Å². The van der Waals surface area contributed by atoms with Gasteiger partial charge in [0, 0.05) is 29.7 Å². The molecule has 1 aliphatic rings. The molecule has 0 unspecified atom stereocenters. The lowest BCUT2D eigenvalue weighted by Crippen LogP contribution is -2.15. The lowest BCUT2D eigenvalue weighted by molar-refractivity contribution is 0.1000. The fourth-order valence-corrected chi connectivity index (χ4v) is 5.44. The zero-order valence-corrected chi connectivity index (χ0v) is 24.3. The molecule has 6 nitrogen and oxygen atoms in total. The third kappa shape index (κ3) is 5.76. The lowest BCUT2D eigenvalue weighted by Gasteiger charge is -2.17. The minimum absolute atomic E-state index is 0.0405. The van der Waals surface area contributed by atoms with Crippen molar-refractivity contribution in [2.45, 2.75) is 52.7 Å². The third-order valence-corrected chi connectivity index (χ3v) is 8.46. The predicted octanol–water partition coefficient (Wildman–Crippen LogP) is 7.42. The molecule has 2 aromatic heterocycles. The molecule has 1 aliphatic carbocycles. The Hall–Kier alpha value is -4.73. The van der Waals surface area contributed by atoms with Gasteiger partial charge in [-0.2, -0.15) is 0 Å². The van der Waals surface area contributed by atoms with E-state index >= 15 is 8.78 Å². The number of aromatic nitrogens is 3. The molecule has 1 fully saturated rings. The maximum Gasteiger partial charge on any atom is 0.251 e. The zero-order chi connectivity index (χ0) is 31.2. The first-order valence-corrected chi connectivity index (χ1v) is 14.4. The zero-order valence-electron chi connectivity index (χ0n) is 24.3. The Morgan fingerprint density at radius 3 is 2.34 bits per heavy atom. The van der Waals surface area contributed by atoms with Crippen LogP contribution in [0.1, 0.15) is 59.1 Å². The molecule has 2 N–H and O–H groups in total. The van der Waals surface area contributed by atoms with Gasteiger partial charge in [0.15, 0.2) is 11.6 Å². The summed E-state index contributed by atoms with van der Waals surface area (Å²) in [6.07, 6.45) is 3.02. The Labute approximate surface area is 251 Å². The molecule has 0 bridgehead atoms. The summed E-state index contributed by atoms with van der Waals surface area (Å²) >= 11 is 0. The van der Waals surface area contributed by atoms with Crippen LogP contribution in [0.3, 0.4) is 0 Å². The van der Waals surface area contributed by atoms with Crippen LogP contribution in [0.25, 0.3) is 22.3 Å². The number of imidazole rings is 1. The van der Waals surface area contributed by atoms with Crippen molar-refractivity contribution in [2.24, 2.45) is 11.1 Å². The number of benzene rings is 3. The summed E-state index contributed by atoms with van der Waals surface area (Å²) < 4.78 is 66.6. The van der Waals surface area contributed by atoms with Crippen LogP contribution in [0.2, 0.25) is 0 Å². The van der Waals surface area contributed by atoms with E-state index in [1.54, 1.807) is 31.2 Å². The van der Waals surface area contributed by atoms with Crippen molar-refractivity contribution in [3.63, 3.8) is 0 Å². The fraction of sp³-hybridized carbons (Fsp3) is 0.265. The highest BCUT2D eigenvalue weighted by molar-refractivity contribution is 5.96. The van der Waals surface area contributed by atoms with E-state index in [4.69, 9.17) is 10.5 Å². The van der Waals surface area contributed by atoms with Gasteiger partial charge in [0.1, 0.15) is 29.6 Å². The standard InChI is InChI=1S/C34H30F4N4O2/c1-3-34(10-11-34)18-42-29-15-23(32(39)43)14-27(38)31(29)41-30(42)16-20-6-7-21(13-26(20)37)28-9-8-24(35)33(40-28)44-17-22-5-4-19(2)12-25(22)36/h4-9,12-15H,3,10-11,16-18H2,1-2H3,(H2,39,43). The highest BCUT2D eigenvalue weighted by Gasteiger charge is 2.41. The molecule has 0 radical (unpaired) electrons. The molecule has 0 saturated heterocycles. The van der Waals surface area contributed by atoms with E-state index in [1.165, 1.54) is 24.3 Å². The second kappa shape index (κ2) is 11.4. The first-order valence-electron chi connectivity index (χ1n) is 14.4. The summed E-state index contributed by atoms with van der Waals surface area (Å²) in [6, 6.07) is 14.3. The van der Waals surface area contributed by atoms with Crippen LogP contribution in [0.5, 0.6) is 5.88 Å². The number of halogens is 4. The monoisotopic (exact) mass is 602 g/mol. The highest BCUT2D eigenvalue weighted by atomic mass is 19.1. The average molecular weight is 603 g/mol. The van der Waals surface area contributed by atoms with Crippen LogP contribution >= 0.6 is 0 Å². The number of carbonyl (C=O) groups is 1. The van der Waals surface area contributed by atoms with Crippen molar-refractivity contribution < 1.29 is 27.1 Å². The van der Waals surface area contributed by atoms with Crippen molar-refractivity contribution in [2.75, 3.05) is 0 Å². The Morgan fingerprint density at radius 1 is 0.909 bits per heavy atom. The van der Waals surface area contributed by atoms with Crippen molar-refractivity contribution in [1.82, 2.24) is 14.5 Å². The van der Waals surface area contributed by atoms with Gasteiger partial charge in [-0.25, -0.2) is 27.5 Å². The molecule has 44 heavy (non-hydrogen) atoms. The molecule has 3 aromatic carbocycles. The summed E-state index contributed by atoms with van der Waals surface area (Å²) in [6.45, 7) is 4.19. The minimum Gasteiger partial charge on any atom is -0.471 e. The van der Waals surface area contributed by atoms with Gasteiger partial charge in [-0.3, -0.25) is 4.79 Å². The Morgan fingerprint density at radius 2 is 1.66 bits per heavy atom. The quantitative estimate of drug-likeness (QED) is 0.169. The van der Waals surface area contributed by atoms with Crippen molar-refractivity contribution in [3.05, 3.63) is 112 Å². The molecule has 0 atom stereocenters. The average Bonchev–Trinajstić information content (AvgIpc) is 3.69. The molecule has 226 valence electrons. The highest BCUT2D eigenvalue weighted by Crippen LogP contribution is 2.50. The molecule has 1 amide bonds. The van der Waals surface area contributed by atoms with Gasteiger partial charge >= 0.3 is 0 Å². The SMILES string of the molecule is CCC1(Cn2c(Cc3ccc(-c4ccc(F)c(OCc5ccc(C)cc5F)n4)cc3F)nc3c(F)cc(C(N)=O)cc32)CC1. The number of pyridine rings is 1. The summed E-state index contributed by atoms with van der Waals surface area (Å²) in [4.78, 5) is 20.6. The first-order chi connectivity index (χ1) is 21.1. The number of carbonyl (C=O) groups excluding carboxylic acids is 1. The molecular weight excluding hydrogens is 572 g/mol. The largest absolute Gasteiger partial charge is 0.471 e. The number of primary amides is 1. The maximum absolute atomic E-state index is 15.6. The number of hydrogen-bond donors (Lipinski definition) is 1. The van der Waals surface area contributed by atoms with Crippen LogP contribution in [0.4, 0.5) is 17.6 Å². The Balaban J connectivity index is 1.29. The molecule has 2 heterocycles. The number of amides is 1. The molecule has 0 aliphatic heterocycles. The van der Waals surface area contributed by atoms with Crippen LogP contribution < -0.4 is 10.5 Å². The second-order valence-electron chi connectivity index (χ2n) is 11.5. The molecule has 6 rings (SSSR count). The van der Waals surface area contributed by atoms with Gasteiger partial charge in [0.25, 0.3) is 5.88 Å². The number of nitrogens with zero attached hydrogens (tertiary/aromatic N) is 3. The Bertz CT molecular complexity index is 1920. The topological polar surface area (TPSA) is 83.0 Å². The summed E-state index contributed by atoms with van der Waals surface area (Å²) in [5.41, 5.74) is 8.03. The fourth-order valence-electron chi connectivity index (χ4n) is 5.44. The van der Waals surface area contributed by atoms with E-state index in [1.807, 2.05) is 4.57 Å². The summed E-state index contributed by atoms with van der Waals surface area (Å²) in [7, 11) is 0. The van der Waals surface area contributed by atoms with Crippen LogP contribution in [0.15, 0.2) is 60.7 Å². The second-order valence-corrected chi connectivity index (χ2v) is 11.5. The van der Waals surface area contributed by atoms with Gasteiger partial charge in [-0.05, 0) is 79.1 Å². The normalized spacial score (nSPS) is 13.8. The number of ether oxygens (including phenoxy) is 1. The van der Waals surface area contributed by atoms with E-state index in [0.29, 0.717) is 29.0 Å². The summed E-state index contributed by atoms with van der Waals surface area (Å²) in [5.74, 6) is -3.03. The van der Waals surface area contributed by atoms with Gasteiger partial charge in [-0.1, -0.05) is 31.2 Å². The van der Waals surface area contributed by atoms with Crippen molar-refractivity contribution >= 4 is 16.9 Å². The first kappa shape index (κ1) is 29.3. The van der Waals surface area contributed by atoms with Crippen molar-refractivity contribution in [3.8, 4) is 17.1 Å². The molecule has 0 spiro atoms. The molecule has 5 aromatic rings. The van der Waals surface area contributed by atoms with Gasteiger partial charge in [0.2, 0.25) is 5.91 Å². The third-order valence-electron chi connectivity index (χ3n) is 8.46.